The summed E-state index contributed by atoms with van der Waals surface area (Å²) >= 11 is 0. The minimum Gasteiger partial charge on any atom is -0.481 e. The van der Waals surface area contributed by atoms with Crippen molar-refractivity contribution in [1.29, 1.82) is 0 Å². The second kappa shape index (κ2) is 2.54. The van der Waals surface area contributed by atoms with E-state index < -0.39 is 12.0 Å². The van der Waals surface area contributed by atoms with Crippen molar-refractivity contribution in [2.75, 3.05) is 5.32 Å². The molecular formula is C6H6N4O3. The van der Waals surface area contributed by atoms with E-state index in [1.54, 1.807) is 0 Å². The Bertz CT molecular complexity index is 372. The third kappa shape index (κ3) is 1.13. The maximum Gasteiger partial charge on any atom is 0.306 e. The van der Waals surface area contributed by atoms with E-state index in [1.165, 1.54) is 11.0 Å². The van der Waals surface area contributed by atoms with Crippen LogP contribution < -0.4 is 5.32 Å². The third-order valence-corrected chi connectivity index (χ3v) is 1.77. The van der Waals surface area contributed by atoms with E-state index in [9.17, 15) is 9.59 Å². The van der Waals surface area contributed by atoms with Crippen LogP contribution in [0.3, 0.4) is 0 Å². The molecule has 0 bridgehead atoms. The highest BCUT2D eigenvalue weighted by atomic mass is 16.4. The number of carbonyl (C=O) groups excluding carboxylic acids is 1. The maximum atomic E-state index is 11.2. The van der Waals surface area contributed by atoms with Gasteiger partial charge < -0.3 is 5.11 Å². The van der Waals surface area contributed by atoms with Crippen molar-refractivity contribution in [3.8, 4) is 0 Å². The van der Waals surface area contributed by atoms with Crippen LogP contribution in [0.5, 0.6) is 0 Å². The van der Waals surface area contributed by atoms with E-state index in [-0.39, 0.29) is 12.3 Å². The van der Waals surface area contributed by atoms with Crippen LogP contribution in [0, 0.1) is 0 Å². The summed E-state index contributed by atoms with van der Waals surface area (Å²) in [6, 6.07) is -0.769. The van der Waals surface area contributed by atoms with E-state index in [0.717, 1.165) is 0 Å². The van der Waals surface area contributed by atoms with Gasteiger partial charge in [-0.05, 0) is 0 Å². The first-order valence-corrected chi connectivity index (χ1v) is 3.60. The van der Waals surface area contributed by atoms with Gasteiger partial charge in [0.05, 0.1) is 6.42 Å². The lowest BCUT2D eigenvalue weighted by atomic mass is 10.2. The lowest BCUT2D eigenvalue weighted by Gasteiger charge is -2.03. The molecule has 1 aromatic heterocycles. The normalized spacial score (nSPS) is 19.7. The van der Waals surface area contributed by atoms with Crippen molar-refractivity contribution in [3.05, 3.63) is 6.33 Å². The van der Waals surface area contributed by atoms with Gasteiger partial charge in [0.2, 0.25) is 5.95 Å². The zero-order valence-electron chi connectivity index (χ0n) is 6.47. The summed E-state index contributed by atoms with van der Waals surface area (Å²) in [7, 11) is 0. The molecule has 0 saturated carbocycles. The fourth-order valence-electron chi connectivity index (χ4n) is 1.22. The number of hydrogen-bond acceptors (Lipinski definition) is 4. The molecule has 1 amide bonds. The molecule has 1 aliphatic heterocycles. The molecule has 2 rings (SSSR count). The monoisotopic (exact) mass is 182 g/mol. The maximum absolute atomic E-state index is 11.2. The number of aliphatic carboxylic acids is 1. The van der Waals surface area contributed by atoms with Gasteiger partial charge in [0.15, 0.2) is 0 Å². The Morgan fingerprint density at radius 3 is 3.23 bits per heavy atom. The van der Waals surface area contributed by atoms with E-state index in [0.29, 0.717) is 5.95 Å². The van der Waals surface area contributed by atoms with Gasteiger partial charge in [-0.2, -0.15) is 10.1 Å². The Morgan fingerprint density at radius 1 is 1.77 bits per heavy atom. The molecule has 0 aliphatic carbocycles. The highest BCUT2D eigenvalue weighted by Gasteiger charge is 2.33. The van der Waals surface area contributed by atoms with Crippen LogP contribution in [-0.2, 0) is 9.59 Å². The number of amides is 1. The number of aromatic nitrogens is 3. The summed E-state index contributed by atoms with van der Waals surface area (Å²) in [6.07, 6.45) is 0.992. The SMILES string of the molecule is O=C(O)C[C@H]1C(=O)Nc2ncnn21. The Labute approximate surface area is 72.4 Å². The number of carbonyl (C=O) groups is 2. The molecule has 0 saturated heterocycles. The average Bonchev–Trinajstić information content (AvgIpc) is 2.55. The summed E-state index contributed by atoms with van der Waals surface area (Å²) < 4.78 is 1.27. The van der Waals surface area contributed by atoms with E-state index >= 15 is 0 Å². The summed E-state index contributed by atoms with van der Waals surface area (Å²) in [5.74, 6) is -1.11. The topological polar surface area (TPSA) is 97.1 Å². The molecule has 0 radical (unpaired) electrons. The van der Waals surface area contributed by atoms with Crippen molar-refractivity contribution in [3.63, 3.8) is 0 Å². The molecule has 1 atom stereocenters. The first kappa shape index (κ1) is 7.71. The fourth-order valence-corrected chi connectivity index (χ4v) is 1.22. The number of anilines is 1. The lowest BCUT2D eigenvalue weighted by molar-refractivity contribution is -0.139. The minimum atomic E-state index is -1.04. The fraction of sp³-hybridized carbons (Fsp3) is 0.333. The predicted molar refractivity (Wildman–Crippen MR) is 39.9 cm³/mol. The molecule has 2 N–H and O–H groups in total. The molecule has 0 aromatic carbocycles. The van der Waals surface area contributed by atoms with E-state index in [2.05, 4.69) is 15.4 Å². The van der Waals surface area contributed by atoms with E-state index in [4.69, 9.17) is 5.11 Å². The second-order valence-electron chi connectivity index (χ2n) is 2.63. The molecule has 0 fully saturated rings. The highest BCUT2D eigenvalue weighted by Crippen LogP contribution is 2.23. The molecule has 0 spiro atoms. The van der Waals surface area contributed by atoms with Crippen LogP contribution in [0.1, 0.15) is 12.5 Å². The third-order valence-electron chi connectivity index (χ3n) is 1.77. The van der Waals surface area contributed by atoms with Gasteiger partial charge in [-0.1, -0.05) is 0 Å². The first-order valence-electron chi connectivity index (χ1n) is 3.60. The summed E-state index contributed by atoms with van der Waals surface area (Å²) in [6.45, 7) is 0. The van der Waals surface area contributed by atoms with Crippen molar-refractivity contribution < 1.29 is 14.7 Å². The Kier molecular flexibility index (Phi) is 1.51. The Morgan fingerprint density at radius 2 is 2.54 bits per heavy atom. The molecule has 1 aromatic rings. The van der Waals surface area contributed by atoms with Crippen molar-refractivity contribution in [2.24, 2.45) is 0 Å². The van der Waals surface area contributed by atoms with Gasteiger partial charge >= 0.3 is 5.97 Å². The van der Waals surface area contributed by atoms with Gasteiger partial charge in [0, 0.05) is 0 Å². The molecule has 7 nitrogen and oxygen atoms in total. The minimum absolute atomic E-state index is 0.276. The number of carboxylic acid groups (broad SMARTS) is 1. The average molecular weight is 182 g/mol. The highest BCUT2D eigenvalue weighted by molar-refractivity contribution is 5.97. The zero-order valence-corrected chi connectivity index (χ0v) is 6.47. The number of carboxylic acids is 1. The smallest absolute Gasteiger partial charge is 0.306 e. The molecule has 68 valence electrons. The number of nitrogens with one attached hydrogen (secondary N) is 1. The molecule has 2 heterocycles. The number of nitrogens with zero attached hydrogens (tertiary/aromatic N) is 3. The first-order chi connectivity index (χ1) is 6.18. The van der Waals surface area contributed by atoms with E-state index in [1.807, 2.05) is 0 Å². The zero-order chi connectivity index (χ0) is 9.42. The summed E-state index contributed by atoms with van der Waals surface area (Å²) in [4.78, 5) is 25.3. The predicted octanol–water partition coefficient (Wildman–Crippen LogP) is -0.754. The number of fused-ring (bicyclic) bond motifs is 1. The van der Waals surface area contributed by atoms with Crippen LogP contribution in [0.4, 0.5) is 5.95 Å². The number of hydrogen-bond donors (Lipinski definition) is 2. The molecule has 13 heavy (non-hydrogen) atoms. The number of rotatable bonds is 2. The summed E-state index contributed by atoms with van der Waals surface area (Å²) in [5, 5.41) is 14.7. The standard InChI is InChI=1S/C6H6N4O3/c11-4(12)1-3-5(13)9-6-7-2-8-10(3)6/h2-3H,1H2,(H,11,12)(H,7,8,9,13)/t3-/m0/s1. The van der Waals surface area contributed by atoms with Crippen LogP contribution >= 0.6 is 0 Å². The van der Waals surface area contributed by atoms with Gasteiger partial charge in [-0.3, -0.25) is 14.9 Å². The van der Waals surface area contributed by atoms with Crippen LogP contribution in [0.2, 0.25) is 0 Å². The van der Waals surface area contributed by atoms with Crippen LogP contribution in [0.25, 0.3) is 0 Å². The van der Waals surface area contributed by atoms with Crippen LogP contribution in [0.15, 0.2) is 6.33 Å². The van der Waals surface area contributed by atoms with Gasteiger partial charge in [-0.25, -0.2) is 4.68 Å². The van der Waals surface area contributed by atoms with Crippen molar-refractivity contribution >= 4 is 17.8 Å². The second-order valence-corrected chi connectivity index (χ2v) is 2.63. The van der Waals surface area contributed by atoms with Gasteiger partial charge in [0.25, 0.3) is 5.91 Å². The van der Waals surface area contributed by atoms with Gasteiger partial charge in [-0.15, -0.1) is 0 Å². The summed E-state index contributed by atoms with van der Waals surface area (Å²) in [5.41, 5.74) is 0. The molecule has 0 unspecified atom stereocenters. The van der Waals surface area contributed by atoms with Gasteiger partial charge in [0.1, 0.15) is 12.4 Å². The molecule has 7 heteroatoms. The molecule has 1 aliphatic rings. The van der Waals surface area contributed by atoms with Crippen LogP contribution in [-0.4, -0.2) is 31.7 Å². The lowest BCUT2D eigenvalue weighted by Crippen LogP contribution is -2.19. The quantitative estimate of drug-likeness (QED) is 0.626. The molecular weight excluding hydrogens is 176 g/mol. The van der Waals surface area contributed by atoms with Crippen molar-refractivity contribution in [2.45, 2.75) is 12.5 Å². The van der Waals surface area contributed by atoms with Crippen molar-refractivity contribution in [1.82, 2.24) is 14.8 Å². The Hall–Kier alpha value is -1.92. The largest absolute Gasteiger partial charge is 0.481 e. The Balaban J connectivity index is 2.29.